The summed E-state index contributed by atoms with van der Waals surface area (Å²) in [6.45, 7) is 4.60. The van der Waals surface area contributed by atoms with Crippen molar-refractivity contribution in [1.29, 1.82) is 0 Å². The van der Waals surface area contributed by atoms with Crippen LogP contribution >= 0.6 is 0 Å². The van der Waals surface area contributed by atoms with Crippen LogP contribution in [-0.4, -0.2) is 14.9 Å². The van der Waals surface area contributed by atoms with Crippen molar-refractivity contribution in [2.24, 2.45) is 5.92 Å². The number of hydrogen-bond donors (Lipinski definition) is 0. The van der Waals surface area contributed by atoms with Gasteiger partial charge in [-0.15, -0.1) is 0 Å². The molecule has 0 N–H and O–H groups in total. The van der Waals surface area contributed by atoms with Crippen molar-refractivity contribution in [3.05, 3.63) is 0 Å². The monoisotopic (exact) mass is 110 g/mol. The van der Waals surface area contributed by atoms with Crippen LogP contribution < -0.4 is 0 Å². The second kappa shape index (κ2) is 5.27. The molecular formula is C6H16B2. The minimum Gasteiger partial charge on any atom is -0.0824 e. The van der Waals surface area contributed by atoms with Crippen molar-refractivity contribution >= 4 is 14.9 Å². The van der Waals surface area contributed by atoms with Gasteiger partial charge in [0, 0.05) is 0 Å². The van der Waals surface area contributed by atoms with Gasteiger partial charge in [0.1, 0.15) is 0 Å². The van der Waals surface area contributed by atoms with E-state index >= 15 is 0 Å². The third kappa shape index (κ3) is 4.29. The molecule has 0 aromatic carbocycles. The molecule has 0 rings (SSSR count). The first kappa shape index (κ1) is 8.13. The lowest BCUT2D eigenvalue weighted by atomic mass is 9.51. The summed E-state index contributed by atoms with van der Waals surface area (Å²) in [6, 6.07) is 0. The van der Waals surface area contributed by atoms with Gasteiger partial charge in [0.25, 0.3) is 0 Å². The van der Waals surface area contributed by atoms with Gasteiger partial charge in [0.05, 0.1) is 14.9 Å². The molecular weight excluding hydrogens is 93.7 g/mol. The van der Waals surface area contributed by atoms with Gasteiger partial charge < -0.3 is 0 Å². The van der Waals surface area contributed by atoms with Crippen LogP contribution in [0, 0.1) is 5.92 Å². The Kier molecular flexibility index (Phi) is 5.36. The van der Waals surface area contributed by atoms with Crippen molar-refractivity contribution in [1.82, 2.24) is 0 Å². The minimum atomic E-state index is 0.963. The van der Waals surface area contributed by atoms with E-state index < -0.39 is 0 Å². The van der Waals surface area contributed by atoms with Crippen molar-refractivity contribution in [3.8, 4) is 0 Å². The Morgan fingerprint density at radius 1 is 1.62 bits per heavy atom. The highest BCUT2D eigenvalue weighted by atomic mass is 14.0. The van der Waals surface area contributed by atoms with Gasteiger partial charge in [-0.25, -0.2) is 0 Å². The third-order valence-corrected chi connectivity index (χ3v) is 1.56. The lowest BCUT2D eigenvalue weighted by Gasteiger charge is -2.05. The zero-order chi connectivity index (χ0) is 6.41. The first-order chi connectivity index (χ1) is 3.81. The van der Waals surface area contributed by atoms with Crippen LogP contribution in [0.1, 0.15) is 26.7 Å². The summed E-state index contributed by atoms with van der Waals surface area (Å²) in [6.07, 6.45) is 4.17. The molecule has 0 amide bonds. The van der Waals surface area contributed by atoms with Crippen molar-refractivity contribution in [2.45, 2.75) is 33.0 Å². The molecule has 0 aliphatic heterocycles. The van der Waals surface area contributed by atoms with Crippen LogP contribution in [0.4, 0.5) is 0 Å². The first-order valence-corrected chi connectivity index (χ1v) is 3.81. The third-order valence-electron chi connectivity index (χ3n) is 1.56. The van der Waals surface area contributed by atoms with Crippen LogP contribution in [0.25, 0.3) is 0 Å². The van der Waals surface area contributed by atoms with Gasteiger partial charge >= 0.3 is 0 Å². The summed E-state index contributed by atoms with van der Waals surface area (Å²) < 4.78 is 0. The van der Waals surface area contributed by atoms with Crippen molar-refractivity contribution < 1.29 is 0 Å². The lowest BCUT2D eigenvalue weighted by molar-refractivity contribution is 0.575. The summed E-state index contributed by atoms with van der Waals surface area (Å²) in [7, 11) is 3.60. The molecule has 0 aliphatic rings. The second-order valence-corrected chi connectivity index (χ2v) is 2.68. The van der Waals surface area contributed by atoms with E-state index in [1.54, 1.807) is 0 Å². The predicted molar refractivity (Wildman–Crippen MR) is 44.6 cm³/mol. The molecule has 8 heavy (non-hydrogen) atoms. The van der Waals surface area contributed by atoms with Crippen LogP contribution in [-0.2, 0) is 0 Å². The topological polar surface area (TPSA) is 0 Å². The van der Waals surface area contributed by atoms with Crippen molar-refractivity contribution in [2.75, 3.05) is 0 Å². The Balaban J connectivity index is 2.92. The van der Waals surface area contributed by atoms with Crippen LogP contribution in [0.2, 0.25) is 6.32 Å². The van der Waals surface area contributed by atoms with E-state index in [1.807, 2.05) is 0 Å². The van der Waals surface area contributed by atoms with Crippen LogP contribution in [0.5, 0.6) is 0 Å². The zero-order valence-corrected chi connectivity index (χ0v) is 6.41. The molecule has 0 aromatic rings. The Labute approximate surface area is 54.7 Å². The Bertz CT molecular complexity index is 39.8. The molecule has 0 saturated heterocycles. The highest BCUT2D eigenvalue weighted by molar-refractivity contribution is 6.89. The van der Waals surface area contributed by atoms with Crippen LogP contribution in [0.15, 0.2) is 0 Å². The second-order valence-electron chi connectivity index (χ2n) is 2.68. The lowest BCUT2D eigenvalue weighted by Crippen LogP contribution is -1.98. The fraction of sp³-hybridized carbons (Fsp3) is 1.00. The fourth-order valence-corrected chi connectivity index (χ4v) is 1.13. The van der Waals surface area contributed by atoms with E-state index in [0.29, 0.717) is 0 Å². The number of hydrogen-bond acceptors (Lipinski definition) is 0. The van der Waals surface area contributed by atoms with Gasteiger partial charge in [0.15, 0.2) is 0 Å². The molecule has 0 saturated carbocycles. The Morgan fingerprint density at radius 2 is 2.25 bits per heavy atom. The summed E-state index contributed by atoms with van der Waals surface area (Å²) in [5.74, 6) is 0.963. The molecule has 0 nitrogen and oxygen atoms in total. The first-order valence-electron chi connectivity index (χ1n) is 3.81. The Morgan fingerprint density at radius 3 is 2.62 bits per heavy atom. The van der Waals surface area contributed by atoms with Gasteiger partial charge in [-0.1, -0.05) is 38.9 Å². The normalized spacial score (nSPS) is 13.2. The minimum absolute atomic E-state index is 0.963. The average Bonchev–Trinajstić information content (AvgIpc) is 1.68. The molecule has 0 bridgehead atoms. The molecule has 0 fully saturated rings. The number of rotatable bonds is 4. The Hall–Kier alpha value is 0.130. The molecule has 1 atom stereocenters. The fourth-order valence-electron chi connectivity index (χ4n) is 1.13. The van der Waals surface area contributed by atoms with Crippen molar-refractivity contribution in [3.63, 3.8) is 0 Å². The van der Waals surface area contributed by atoms with Gasteiger partial charge in [-0.05, 0) is 0 Å². The highest BCUT2D eigenvalue weighted by Crippen LogP contribution is 2.07. The van der Waals surface area contributed by atoms with E-state index in [1.165, 1.54) is 26.3 Å². The standard InChI is InChI=1S/C6H16B2/c1-3-4-6(2)5-8-7/h6,8H,3-5,7H2,1-2H3. The molecule has 1 unspecified atom stereocenters. The smallest absolute Gasteiger partial charge is 0.0824 e. The van der Waals surface area contributed by atoms with E-state index in [-0.39, 0.29) is 0 Å². The van der Waals surface area contributed by atoms with Gasteiger partial charge in [-0.3, -0.25) is 0 Å². The van der Waals surface area contributed by atoms with Crippen LogP contribution in [0.3, 0.4) is 0 Å². The average molecular weight is 110 g/mol. The largest absolute Gasteiger partial charge is 0.0825 e. The molecule has 46 valence electrons. The molecule has 0 radical (unpaired) electrons. The summed E-state index contributed by atoms with van der Waals surface area (Å²) >= 11 is 0. The summed E-state index contributed by atoms with van der Waals surface area (Å²) in [5, 5.41) is 0. The van der Waals surface area contributed by atoms with E-state index in [9.17, 15) is 0 Å². The maximum atomic E-state index is 2.34. The molecule has 0 aromatic heterocycles. The SMILES string of the molecule is BBCC(C)CCC. The highest BCUT2D eigenvalue weighted by Gasteiger charge is 1.96. The summed E-state index contributed by atoms with van der Waals surface area (Å²) in [4.78, 5) is 0. The maximum absolute atomic E-state index is 2.34. The maximum Gasteiger partial charge on any atom is 0.0825 e. The zero-order valence-electron chi connectivity index (χ0n) is 6.41. The van der Waals surface area contributed by atoms with Gasteiger partial charge in [-0.2, -0.15) is 0 Å². The quantitative estimate of drug-likeness (QED) is 0.470. The van der Waals surface area contributed by atoms with E-state index in [0.717, 1.165) is 5.92 Å². The predicted octanol–water partition coefficient (Wildman–Crippen LogP) is 0.825. The van der Waals surface area contributed by atoms with E-state index in [4.69, 9.17) is 0 Å². The molecule has 0 heterocycles. The van der Waals surface area contributed by atoms with Gasteiger partial charge in [0.2, 0.25) is 0 Å². The van der Waals surface area contributed by atoms with E-state index in [2.05, 4.69) is 21.6 Å². The summed E-state index contributed by atoms with van der Waals surface area (Å²) in [5.41, 5.74) is 0. The molecule has 0 aliphatic carbocycles. The molecule has 2 heteroatoms. The molecule has 0 spiro atoms.